The van der Waals surface area contributed by atoms with E-state index in [1.54, 1.807) is 11.8 Å². The molecule has 3 aromatic rings. The largest absolute Gasteiger partial charge is 0.460 e. The highest BCUT2D eigenvalue weighted by molar-refractivity contribution is 7.99. The van der Waals surface area contributed by atoms with E-state index in [4.69, 9.17) is 9.15 Å². The summed E-state index contributed by atoms with van der Waals surface area (Å²) in [5.41, 5.74) is 2.45. The van der Waals surface area contributed by atoms with E-state index in [2.05, 4.69) is 27.4 Å². The van der Waals surface area contributed by atoms with Crippen molar-refractivity contribution in [3.05, 3.63) is 47.9 Å². The average Bonchev–Trinajstić information content (AvgIpc) is 2.99. The lowest BCUT2D eigenvalue weighted by molar-refractivity contribution is 0.194. The Morgan fingerprint density at radius 3 is 2.84 bits per heavy atom. The molecule has 0 fully saturated rings. The van der Waals surface area contributed by atoms with Crippen LogP contribution >= 0.6 is 11.8 Å². The van der Waals surface area contributed by atoms with Gasteiger partial charge in [0.1, 0.15) is 5.76 Å². The third kappa shape index (κ3) is 3.19. The Balaban J connectivity index is 1.79. The van der Waals surface area contributed by atoms with Crippen molar-refractivity contribution in [2.45, 2.75) is 31.7 Å². The number of hydrogen-bond acceptors (Lipinski definition) is 7. The van der Waals surface area contributed by atoms with E-state index in [1.807, 2.05) is 43.3 Å². The maximum Gasteiger partial charge on any atom is 0.247 e. The summed E-state index contributed by atoms with van der Waals surface area (Å²) < 4.78 is 11.9. The summed E-state index contributed by atoms with van der Waals surface area (Å²) in [5, 5.41) is 12.6. The van der Waals surface area contributed by atoms with Crippen molar-refractivity contribution in [1.29, 1.82) is 0 Å². The van der Waals surface area contributed by atoms with Gasteiger partial charge in [-0.2, -0.15) is 4.98 Å². The van der Waals surface area contributed by atoms with Gasteiger partial charge in [-0.15, -0.1) is 10.2 Å². The predicted octanol–water partition coefficient (Wildman–Crippen LogP) is 4.45. The molecule has 0 saturated carbocycles. The number of nitrogens with one attached hydrogen (secondary N) is 1. The van der Waals surface area contributed by atoms with Gasteiger partial charge in [-0.05, 0) is 31.5 Å². The number of ether oxygens (including phenoxy) is 1. The normalized spacial score (nSPS) is 15.5. The van der Waals surface area contributed by atoms with Crippen molar-refractivity contribution in [2.24, 2.45) is 0 Å². The van der Waals surface area contributed by atoms with E-state index >= 15 is 0 Å². The number of para-hydroxylation sites is 1. The minimum Gasteiger partial charge on any atom is -0.460 e. The van der Waals surface area contributed by atoms with Crippen molar-refractivity contribution in [2.75, 3.05) is 11.1 Å². The van der Waals surface area contributed by atoms with Crippen molar-refractivity contribution in [3.8, 4) is 17.1 Å². The number of aromatic nitrogens is 3. The number of thioether (sulfide) groups is 1. The number of hydrogen-bond donors (Lipinski definition) is 1. The molecule has 1 aliphatic heterocycles. The van der Waals surface area contributed by atoms with Gasteiger partial charge in [-0.1, -0.05) is 36.9 Å². The van der Waals surface area contributed by atoms with Gasteiger partial charge in [0.25, 0.3) is 0 Å². The number of rotatable bonds is 4. The Hall–Kier alpha value is -2.54. The molecule has 6 nitrogen and oxygen atoms in total. The van der Waals surface area contributed by atoms with Crippen LogP contribution in [-0.4, -0.2) is 20.9 Å². The lowest BCUT2D eigenvalue weighted by atomic mass is 10.1. The van der Waals surface area contributed by atoms with Crippen LogP contribution in [0.5, 0.6) is 5.88 Å². The standard InChI is InChI=1S/C18H18N4O2S/c1-3-10-25-18-20-17-15(21-22-18)12-6-4-5-7-13(12)19-16(24-17)14-9-8-11(2)23-14/h4-9,16,19H,3,10H2,1-2H3. The lowest BCUT2D eigenvalue weighted by Crippen LogP contribution is -2.16. The van der Waals surface area contributed by atoms with Gasteiger partial charge >= 0.3 is 0 Å². The Morgan fingerprint density at radius 1 is 1.16 bits per heavy atom. The van der Waals surface area contributed by atoms with Gasteiger partial charge in [0.05, 0.1) is 0 Å². The number of nitrogens with zero attached hydrogens (tertiary/aromatic N) is 3. The zero-order valence-corrected chi connectivity index (χ0v) is 14.8. The minimum absolute atomic E-state index is 0.463. The van der Waals surface area contributed by atoms with Crippen LogP contribution < -0.4 is 10.1 Å². The zero-order chi connectivity index (χ0) is 17.2. The van der Waals surface area contributed by atoms with Crippen LogP contribution in [0.3, 0.4) is 0 Å². The van der Waals surface area contributed by atoms with Gasteiger partial charge < -0.3 is 14.5 Å². The summed E-state index contributed by atoms with van der Waals surface area (Å²) in [6, 6.07) is 11.7. The Kier molecular flexibility index (Phi) is 4.31. The first-order chi connectivity index (χ1) is 12.2. The van der Waals surface area contributed by atoms with Crippen LogP contribution in [0.15, 0.2) is 46.0 Å². The monoisotopic (exact) mass is 354 g/mol. The summed E-state index contributed by atoms with van der Waals surface area (Å²) in [5.74, 6) is 2.93. The smallest absolute Gasteiger partial charge is 0.247 e. The van der Waals surface area contributed by atoms with E-state index in [0.717, 1.165) is 29.2 Å². The van der Waals surface area contributed by atoms with E-state index in [0.29, 0.717) is 22.5 Å². The first-order valence-corrected chi connectivity index (χ1v) is 9.19. The molecule has 0 bridgehead atoms. The highest BCUT2D eigenvalue weighted by atomic mass is 32.2. The molecule has 128 valence electrons. The molecular weight excluding hydrogens is 336 g/mol. The molecular formula is C18H18N4O2S. The molecule has 0 aliphatic carbocycles. The van der Waals surface area contributed by atoms with Gasteiger partial charge in [0.15, 0.2) is 11.5 Å². The van der Waals surface area contributed by atoms with Gasteiger partial charge in [-0.25, -0.2) is 0 Å². The van der Waals surface area contributed by atoms with Crippen LogP contribution in [0.2, 0.25) is 0 Å². The Labute approximate surface area is 150 Å². The van der Waals surface area contributed by atoms with E-state index in [9.17, 15) is 0 Å². The molecule has 1 aromatic carbocycles. The van der Waals surface area contributed by atoms with Gasteiger partial charge in [0, 0.05) is 17.0 Å². The minimum atomic E-state index is -0.475. The molecule has 1 atom stereocenters. The molecule has 0 radical (unpaired) electrons. The molecule has 25 heavy (non-hydrogen) atoms. The maximum atomic E-state index is 6.13. The second kappa shape index (κ2) is 6.76. The molecule has 0 spiro atoms. The second-order valence-electron chi connectivity index (χ2n) is 5.73. The highest BCUT2D eigenvalue weighted by Crippen LogP contribution is 2.39. The molecule has 1 unspecified atom stereocenters. The average molecular weight is 354 g/mol. The topological polar surface area (TPSA) is 73.1 Å². The van der Waals surface area contributed by atoms with Crippen LogP contribution in [0.4, 0.5) is 5.69 Å². The Bertz CT molecular complexity index is 896. The second-order valence-corrected chi connectivity index (χ2v) is 6.79. The van der Waals surface area contributed by atoms with Gasteiger partial charge in [-0.3, -0.25) is 0 Å². The highest BCUT2D eigenvalue weighted by Gasteiger charge is 2.27. The van der Waals surface area contributed by atoms with E-state index in [1.165, 1.54) is 0 Å². The molecule has 3 heterocycles. The third-order valence-corrected chi connectivity index (χ3v) is 4.83. The SMILES string of the molecule is CCCSc1nnc2c(n1)OC(c1ccc(C)o1)Nc1ccccc1-2. The van der Waals surface area contributed by atoms with Crippen LogP contribution in [-0.2, 0) is 0 Å². The number of anilines is 1. The van der Waals surface area contributed by atoms with Crippen molar-refractivity contribution >= 4 is 17.4 Å². The molecule has 7 heteroatoms. The quantitative estimate of drug-likeness (QED) is 0.694. The molecule has 1 aliphatic rings. The zero-order valence-electron chi connectivity index (χ0n) is 14.0. The molecule has 2 aromatic heterocycles. The maximum absolute atomic E-state index is 6.13. The fourth-order valence-electron chi connectivity index (χ4n) is 2.62. The van der Waals surface area contributed by atoms with E-state index < -0.39 is 6.23 Å². The number of aryl methyl sites for hydroxylation is 1. The van der Waals surface area contributed by atoms with Gasteiger partial charge in [0.2, 0.25) is 17.3 Å². The summed E-state index contributed by atoms with van der Waals surface area (Å²) in [7, 11) is 0. The van der Waals surface area contributed by atoms with Crippen LogP contribution in [0.1, 0.15) is 31.1 Å². The van der Waals surface area contributed by atoms with E-state index in [-0.39, 0.29) is 0 Å². The summed E-state index contributed by atoms with van der Waals surface area (Å²) in [6.07, 6.45) is 0.571. The fraction of sp³-hybridized carbons (Fsp3) is 0.278. The fourth-order valence-corrected chi connectivity index (χ4v) is 3.26. The summed E-state index contributed by atoms with van der Waals surface area (Å²) in [4.78, 5) is 4.58. The van der Waals surface area contributed by atoms with Crippen molar-refractivity contribution in [3.63, 3.8) is 0 Å². The Morgan fingerprint density at radius 2 is 2.04 bits per heavy atom. The third-order valence-electron chi connectivity index (χ3n) is 3.79. The van der Waals surface area contributed by atoms with Crippen molar-refractivity contribution < 1.29 is 9.15 Å². The number of fused-ring (bicyclic) bond motifs is 3. The first kappa shape index (κ1) is 16.0. The number of benzene rings is 1. The summed E-state index contributed by atoms with van der Waals surface area (Å²) >= 11 is 1.57. The molecule has 0 amide bonds. The molecule has 0 saturated heterocycles. The summed E-state index contributed by atoms with van der Waals surface area (Å²) in [6.45, 7) is 4.03. The molecule has 4 rings (SSSR count). The van der Waals surface area contributed by atoms with Crippen LogP contribution in [0, 0.1) is 6.92 Å². The lowest BCUT2D eigenvalue weighted by Gasteiger charge is -2.16. The molecule has 1 N–H and O–H groups in total. The number of furan rings is 1. The van der Waals surface area contributed by atoms with Crippen molar-refractivity contribution in [1.82, 2.24) is 15.2 Å². The first-order valence-electron chi connectivity index (χ1n) is 8.21. The van der Waals surface area contributed by atoms with Crippen LogP contribution in [0.25, 0.3) is 11.3 Å². The predicted molar refractivity (Wildman–Crippen MR) is 96.7 cm³/mol.